The SMILES string of the molecule is CN(C)CCn1ccc2cc(NC(=O)Nc3ccc(OCc4ccccc4)cc3)ccc21. The number of benzene rings is 3. The molecular weight excluding hydrogens is 400 g/mol. The largest absolute Gasteiger partial charge is 0.489 e. The summed E-state index contributed by atoms with van der Waals surface area (Å²) in [5.74, 6) is 0.754. The van der Waals surface area contributed by atoms with Crippen LogP contribution in [0, 0.1) is 0 Å². The van der Waals surface area contributed by atoms with Gasteiger partial charge in [-0.05, 0) is 68.2 Å². The fraction of sp³-hybridized carbons (Fsp3) is 0.192. The average Bonchev–Trinajstić information content (AvgIpc) is 3.20. The number of amides is 2. The molecule has 0 fully saturated rings. The van der Waals surface area contributed by atoms with Crippen molar-refractivity contribution in [3.05, 3.63) is 90.6 Å². The van der Waals surface area contributed by atoms with Gasteiger partial charge in [0.05, 0.1) is 0 Å². The molecule has 0 aliphatic carbocycles. The van der Waals surface area contributed by atoms with Crippen LogP contribution in [0.4, 0.5) is 16.2 Å². The number of rotatable bonds is 8. The van der Waals surface area contributed by atoms with E-state index in [-0.39, 0.29) is 6.03 Å². The van der Waals surface area contributed by atoms with Crippen molar-refractivity contribution < 1.29 is 9.53 Å². The molecule has 6 heteroatoms. The van der Waals surface area contributed by atoms with Crippen LogP contribution < -0.4 is 15.4 Å². The lowest BCUT2D eigenvalue weighted by atomic mass is 10.2. The van der Waals surface area contributed by atoms with E-state index in [1.54, 1.807) is 0 Å². The predicted octanol–water partition coefficient (Wildman–Crippen LogP) is 5.43. The highest BCUT2D eigenvalue weighted by atomic mass is 16.5. The van der Waals surface area contributed by atoms with Crippen LogP contribution in [0.25, 0.3) is 10.9 Å². The first kappa shape index (κ1) is 21.5. The molecule has 0 aliphatic heterocycles. The van der Waals surface area contributed by atoms with Gasteiger partial charge < -0.3 is 24.8 Å². The van der Waals surface area contributed by atoms with Gasteiger partial charge >= 0.3 is 6.03 Å². The maximum atomic E-state index is 12.4. The van der Waals surface area contributed by atoms with E-state index in [4.69, 9.17) is 4.74 Å². The fourth-order valence-electron chi connectivity index (χ4n) is 3.45. The summed E-state index contributed by atoms with van der Waals surface area (Å²) in [6.07, 6.45) is 2.08. The first-order chi connectivity index (χ1) is 15.6. The lowest BCUT2D eigenvalue weighted by molar-refractivity contribution is 0.262. The molecule has 0 radical (unpaired) electrons. The van der Waals surface area contributed by atoms with Crippen LogP contribution in [0.3, 0.4) is 0 Å². The third kappa shape index (κ3) is 5.68. The van der Waals surface area contributed by atoms with Gasteiger partial charge in [0.2, 0.25) is 0 Å². The molecule has 4 aromatic rings. The lowest BCUT2D eigenvalue weighted by Crippen LogP contribution is -2.19. The standard InChI is InChI=1S/C26H28N4O2/c1-29(2)16-17-30-15-14-21-18-23(10-13-25(21)30)28-26(31)27-22-8-11-24(12-9-22)32-19-20-6-4-3-5-7-20/h3-15,18H,16-17,19H2,1-2H3,(H2,27,28,31). The number of likely N-dealkylation sites (N-methyl/N-ethyl adjacent to an activating group) is 1. The Labute approximate surface area is 188 Å². The van der Waals surface area contributed by atoms with Gasteiger partial charge in [-0.15, -0.1) is 0 Å². The van der Waals surface area contributed by atoms with Crippen LogP contribution in [0.1, 0.15) is 5.56 Å². The zero-order valence-corrected chi connectivity index (χ0v) is 18.4. The van der Waals surface area contributed by atoms with Crippen LogP contribution in [0.5, 0.6) is 5.75 Å². The molecule has 0 atom stereocenters. The summed E-state index contributed by atoms with van der Waals surface area (Å²) in [4.78, 5) is 14.6. The van der Waals surface area contributed by atoms with Crippen molar-refractivity contribution in [3.8, 4) is 5.75 Å². The Morgan fingerprint density at radius 1 is 0.906 bits per heavy atom. The molecule has 0 bridgehead atoms. The Morgan fingerprint density at radius 2 is 1.62 bits per heavy atom. The number of fused-ring (bicyclic) bond motifs is 1. The molecule has 6 nitrogen and oxygen atoms in total. The Hall–Kier alpha value is -3.77. The minimum atomic E-state index is -0.283. The topological polar surface area (TPSA) is 58.5 Å². The second kappa shape index (κ2) is 10.0. The van der Waals surface area contributed by atoms with Gasteiger partial charge in [0.15, 0.2) is 0 Å². The summed E-state index contributed by atoms with van der Waals surface area (Å²) in [5.41, 5.74) is 3.72. The average molecular weight is 429 g/mol. The predicted molar refractivity (Wildman–Crippen MR) is 130 cm³/mol. The third-order valence-electron chi connectivity index (χ3n) is 5.18. The van der Waals surface area contributed by atoms with Gasteiger partial charge in [-0.25, -0.2) is 4.79 Å². The maximum Gasteiger partial charge on any atom is 0.323 e. The molecular formula is C26H28N4O2. The van der Waals surface area contributed by atoms with Crippen molar-refractivity contribution in [2.24, 2.45) is 0 Å². The van der Waals surface area contributed by atoms with Gasteiger partial charge in [-0.1, -0.05) is 30.3 Å². The monoisotopic (exact) mass is 428 g/mol. The van der Waals surface area contributed by atoms with Crippen LogP contribution in [-0.4, -0.2) is 36.1 Å². The number of anilines is 2. The number of ether oxygens (including phenoxy) is 1. The van der Waals surface area contributed by atoms with E-state index >= 15 is 0 Å². The third-order valence-corrected chi connectivity index (χ3v) is 5.18. The van der Waals surface area contributed by atoms with Crippen LogP contribution in [0.15, 0.2) is 85.1 Å². The second-order valence-corrected chi connectivity index (χ2v) is 7.96. The van der Waals surface area contributed by atoms with Crippen LogP contribution in [0.2, 0.25) is 0 Å². The number of aromatic nitrogens is 1. The fourth-order valence-corrected chi connectivity index (χ4v) is 3.45. The van der Waals surface area contributed by atoms with Gasteiger partial charge in [0, 0.05) is 41.6 Å². The molecule has 32 heavy (non-hydrogen) atoms. The van der Waals surface area contributed by atoms with Gasteiger partial charge in [0.25, 0.3) is 0 Å². The molecule has 4 rings (SSSR count). The van der Waals surface area contributed by atoms with Crippen molar-refractivity contribution in [3.63, 3.8) is 0 Å². The van der Waals surface area contributed by atoms with E-state index < -0.39 is 0 Å². The molecule has 2 amide bonds. The van der Waals surface area contributed by atoms with E-state index in [0.29, 0.717) is 12.3 Å². The number of urea groups is 1. The van der Waals surface area contributed by atoms with Crippen molar-refractivity contribution in [1.29, 1.82) is 0 Å². The summed E-state index contributed by atoms with van der Waals surface area (Å²) in [7, 11) is 4.13. The van der Waals surface area contributed by atoms with Crippen molar-refractivity contribution in [1.82, 2.24) is 9.47 Å². The molecule has 0 aliphatic rings. The number of hydrogen-bond donors (Lipinski definition) is 2. The first-order valence-electron chi connectivity index (χ1n) is 10.7. The molecule has 2 N–H and O–H groups in total. The van der Waals surface area contributed by atoms with Gasteiger partial charge in [-0.2, -0.15) is 0 Å². The molecule has 3 aromatic carbocycles. The number of carbonyl (C=O) groups excluding carboxylic acids is 1. The minimum absolute atomic E-state index is 0.283. The summed E-state index contributed by atoms with van der Waals surface area (Å²) >= 11 is 0. The second-order valence-electron chi connectivity index (χ2n) is 7.96. The molecule has 0 unspecified atom stereocenters. The summed E-state index contributed by atoms with van der Waals surface area (Å²) in [5, 5.41) is 6.86. The smallest absolute Gasteiger partial charge is 0.323 e. The van der Waals surface area contributed by atoms with Crippen molar-refractivity contribution >= 4 is 28.3 Å². The Balaban J connectivity index is 1.31. The quantitative estimate of drug-likeness (QED) is 0.394. The summed E-state index contributed by atoms with van der Waals surface area (Å²) in [6, 6.07) is 25.1. The van der Waals surface area contributed by atoms with Crippen LogP contribution >= 0.6 is 0 Å². The summed E-state index contributed by atoms with van der Waals surface area (Å²) in [6.45, 7) is 2.41. The lowest BCUT2D eigenvalue weighted by Gasteiger charge is -2.12. The first-order valence-corrected chi connectivity index (χ1v) is 10.7. The summed E-state index contributed by atoms with van der Waals surface area (Å²) < 4.78 is 8.01. The van der Waals surface area contributed by atoms with E-state index in [9.17, 15) is 4.79 Å². The zero-order chi connectivity index (χ0) is 22.3. The normalized spacial score (nSPS) is 11.0. The van der Waals surface area contributed by atoms with E-state index in [1.165, 1.54) is 0 Å². The highest BCUT2D eigenvalue weighted by molar-refractivity contribution is 6.01. The molecule has 0 saturated heterocycles. The number of nitrogens with one attached hydrogen (secondary N) is 2. The molecule has 1 heterocycles. The highest BCUT2D eigenvalue weighted by Gasteiger charge is 2.07. The molecule has 0 spiro atoms. The molecule has 1 aromatic heterocycles. The van der Waals surface area contributed by atoms with Gasteiger partial charge in [0.1, 0.15) is 12.4 Å². The Kier molecular flexibility index (Phi) is 6.72. The van der Waals surface area contributed by atoms with E-state index in [0.717, 1.165) is 41.0 Å². The van der Waals surface area contributed by atoms with Crippen molar-refractivity contribution in [2.75, 3.05) is 31.3 Å². The highest BCUT2D eigenvalue weighted by Crippen LogP contribution is 2.21. The Bertz CT molecular complexity index is 1170. The van der Waals surface area contributed by atoms with E-state index in [1.807, 2.05) is 72.8 Å². The van der Waals surface area contributed by atoms with Crippen molar-refractivity contribution in [2.45, 2.75) is 13.2 Å². The van der Waals surface area contributed by atoms with E-state index in [2.05, 4.69) is 46.5 Å². The van der Waals surface area contributed by atoms with Gasteiger partial charge in [-0.3, -0.25) is 0 Å². The molecule has 0 saturated carbocycles. The van der Waals surface area contributed by atoms with Crippen LogP contribution in [-0.2, 0) is 13.2 Å². The minimum Gasteiger partial charge on any atom is -0.489 e. The molecule has 164 valence electrons. The Morgan fingerprint density at radius 3 is 2.38 bits per heavy atom. The maximum absolute atomic E-state index is 12.4. The number of carbonyl (C=O) groups is 1. The number of hydrogen-bond acceptors (Lipinski definition) is 3. The zero-order valence-electron chi connectivity index (χ0n) is 18.4. The number of nitrogens with zero attached hydrogens (tertiary/aromatic N) is 2.